The molecule has 2 amide bonds. The number of aromatic hydroxyl groups is 1. The highest BCUT2D eigenvalue weighted by molar-refractivity contribution is 5.74. The molecule has 0 saturated heterocycles. The molecule has 0 aliphatic carbocycles. The molecule has 25 heavy (non-hydrogen) atoms. The third kappa shape index (κ3) is 6.47. The molecular weight excluding hydrogens is 316 g/mol. The third-order valence-electron chi connectivity index (χ3n) is 3.99. The highest BCUT2D eigenvalue weighted by Gasteiger charge is 2.15. The zero-order valence-corrected chi connectivity index (χ0v) is 14.6. The molecule has 0 saturated carbocycles. The molecule has 3 unspecified atom stereocenters. The molecule has 2 rings (SSSR count). The SMILES string of the molecule is CC(Cc1ccc(O)cc1)NC(=O)NC(C)CC(O)c1ccccc1. The van der Waals surface area contributed by atoms with E-state index in [4.69, 9.17) is 0 Å². The maximum absolute atomic E-state index is 12.1. The molecule has 0 aromatic heterocycles. The van der Waals surface area contributed by atoms with E-state index in [1.165, 1.54) is 0 Å². The Kier molecular flexibility index (Phi) is 6.83. The molecule has 0 radical (unpaired) electrons. The number of aliphatic hydroxyl groups excluding tert-OH is 1. The number of carbonyl (C=O) groups is 1. The minimum Gasteiger partial charge on any atom is -0.508 e. The van der Waals surface area contributed by atoms with Gasteiger partial charge in [0.1, 0.15) is 5.75 Å². The quantitative estimate of drug-likeness (QED) is 0.624. The van der Waals surface area contributed by atoms with Crippen molar-refractivity contribution in [3.63, 3.8) is 0 Å². The van der Waals surface area contributed by atoms with Crippen LogP contribution in [0.15, 0.2) is 54.6 Å². The molecule has 3 atom stereocenters. The molecule has 0 fully saturated rings. The summed E-state index contributed by atoms with van der Waals surface area (Å²) in [6.45, 7) is 3.80. The molecule has 2 aromatic carbocycles. The Hall–Kier alpha value is -2.53. The van der Waals surface area contributed by atoms with Gasteiger partial charge in [-0.05, 0) is 49.9 Å². The van der Waals surface area contributed by atoms with E-state index >= 15 is 0 Å². The van der Waals surface area contributed by atoms with E-state index in [1.54, 1.807) is 12.1 Å². The van der Waals surface area contributed by atoms with Gasteiger partial charge in [-0.3, -0.25) is 0 Å². The topological polar surface area (TPSA) is 81.6 Å². The van der Waals surface area contributed by atoms with Gasteiger partial charge in [-0.2, -0.15) is 0 Å². The average molecular weight is 342 g/mol. The van der Waals surface area contributed by atoms with Gasteiger partial charge < -0.3 is 20.8 Å². The summed E-state index contributed by atoms with van der Waals surface area (Å²) in [5, 5.41) is 25.2. The van der Waals surface area contributed by atoms with Crippen LogP contribution in [0, 0.1) is 0 Å². The van der Waals surface area contributed by atoms with Gasteiger partial charge in [0.05, 0.1) is 6.10 Å². The molecule has 5 nitrogen and oxygen atoms in total. The number of hydrogen-bond donors (Lipinski definition) is 4. The number of hydrogen-bond acceptors (Lipinski definition) is 3. The number of benzene rings is 2. The fourth-order valence-corrected chi connectivity index (χ4v) is 2.73. The molecule has 134 valence electrons. The van der Waals surface area contributed by atoms with E-state index in [9.17, 15) is 15.0 Å². The Bertz CT molecular complexity index is 658. The lowest BCUT2D eigenvalue weighted by atomic mass is 10.0. The molecule has 0 bridgehead atoms. The molecule has 0 heterocycles. The van der Waals surface area contributed by atoms with Gasteiger partial charge in [-0.25, -0.2) is 4.79 Å². The number of rotatable bonds is 7. The van der Waals surface area contributed by atoms with Crippen LogP contribution in [0.5, 0.6) is 5.75 Å². The lowest BCUT2D eigenvalue weighted by Crippen LogP contribution is -2.45. The van der Waals surface area contributed by atoms with E-state index in [0.29, 0.717) is 12.8 Å². The predicted molar refractivity (Wildman–Crippen MR) is 98.4 cm³/mol. The van der Waals surface area contributed by atoms with Gasteiger partial charge in [-0.1, -0.05) is 42.5 Å². The standard InChI is InChI=1S/C20H26N2O3/c1-14(12-16-8-10-18(23)11-9-16)21-20(25)22-15(2)13-19(24)17-6-4-3-5-7-17/h3-11,14-15,19,23-24H,12-13H2,1-2H3,(H2,21,22,25). The van der Waals surface area contributed by atoms with Crippen LogP contribution >= 0.6 is 0 Å². The van der Waals surface area contributed by atoms with Gasteiger partial charge in [0, 0.05) is 12.1 Å². The van der Waals surface area contributed by atoms with Crippen LogP contribution in [-0.2, 0) is 6.42 Å². The van der Waals surface area contributed by atoms with Crippen LogP contribution in [0.2, 0.25) is 0 Å². The first-order chi connectivity index (χ1) is 11.9. The van der Waals surface area contributed by atoms with Crippen molar-refractivity contribution < 1.29 is 15.0 Å². The normalized spacial score (nSPS) is 14.4. The molecule has 0 spiro atoms. The van der Waals surface area contributed by atoms with Gasteiger partial charge in [0.2, 0.25) is 0 Å². The second-order valence-electron chi connectivity index (χ2n) is 6.45. The van der Waals surface area contributed by atoms with Crippen molar-refractivity contribution in [3.8, 4) is 5.75 Å². The first-order valence-corrected chi connectivity index (χ1v) is 8.52. The third-order valence-corrected chi connectivity index (χ3v) is 3.99. The molecule has 0 aliphatic heterocycles. The zero-order valence-electron chi connectivity index (χ0n) is 14.6. The van der Waals surface area contributed by atoms with Crippen LogP contribution in [0.3, 0.4) is 0 Å². The van der Waals surface area contributed by atoms with Crippen LogP contribution in [-0.4, -0.2) is 28.3 Å². The average Bonchev–Trinajstić information content (AvgIpc) is 2.57. The van der Waals surface area contributed by atoms with Crippen molar-refractivity contribution in [1.82, 2.24) is 10.6 Å². The number of nitrogens with one attached hydrogen (secondary N) is 2. The smallest absolute Gasteiger partial charge is 0.315 e. The fourth-order valence-electron chi connectivity index (χ4n) is 2.73. The summed E-state index contributed by atoms with van der Waals surface area (Å²) in [5.41, 5.74) is 1.88. The van der Waals surface area contributed by atoms with Gasteiger partial charge in [-0.15, -0.1) is 0 Å². The minimum absolute atomic E-state index is 0.0456. The summed E-state index contributed by atoms with van der Waals surface area (Å²) in [6, 6.07) is 15.9. The van der Waals surface area contributed by atoms with Gasteiger partial charge >= 0.3 is 6.03 Å². The number of phenolic OH excluding ortho intramolecular Hbond substituents is 1. The predicted octanol–water partition coefficient (Wildman–Crippen LogP) is 3.13. The Morgan fingerprint density at radius 3 is 2.20 bits per heavy atom. The highest BCUT2D eigenvalue weighted by atomic mass is 16.3. The van der Waals surface area contributed by atoms with Crippen LogP contribution in [0.25, 0.3) is 0 Å². The largest absolute Gasteiger partial charge is 0.508 e. The monoisotopic (exact) mass is 342 g/mol. The second-order valence-corrected chi connectivity index (χ2v) is 6.45. The molecule has 2 aromatic rings. The van der Waals surface area contributed by atoms with Crippen molar-refractivity contribution in [2.24, 2.45) is 0 Å². The van der Waals surface area contributed by atoms with Crippen molar-refractivity contribution in [2.45, 2.75) is 44.9 Å². The molecule has 4 N–H and O–H groups in total. The molecule has 5 heteroatoms. The van der Waals surface area contributed by atoms with E-state index in [0.717, 1.165) is 11.1 Å². The second kappa shape index (κ2) is 9.08. The lowest BCUT2D eigenvalue weighted by molar-refractivity contribution is 0.154. The zero-order chi connectivity index (χ0) is 18.2. The molecular formula is C20H26N2O3. The summed E-state index contributed by atoms with van der Waals surface area (Å²) in [4.78, 5) is 12.1. The first kappa shape index (κ1) is 18.8. The summed E-state index contributed by atoms with van der Waals surface area (Å²) in [7, 11) is 0. The maximum atomic E-state index is 12.1. The van der Waals surface area contributed by atoms with Gasteiger partial charge in [0.25, 0.3) is 0 Å². The van der Waals surface area contributed by atoms with E-state index in [-0.39, 0.29) is 23.9 Å². The van der Waals surface area contributed by atoms with Crippen molar-refractivity contribution in [1.29, 1.82) is 0 Å². The lowest BCUT2D eigenvalue weighted by Gasteiger charge is -2.20. The number of aliphatic hydroxyl groups is 1. The maximum Gasteiger partial charge on any atom is 0.315 e. The van der Waals surface area contributed by atoms with Crippen molar-refractivity contribution in [3.05, 3.63) is 65.7 Å². The summed E-state index contributed by atoms with van der Waals surface area (Å²) in [6.07, 6.45) is 0.518. The number of phenols is 1. The van der Waals surface area contributed by atoms with Crippen molar-refractivity contribution >= 4 is 6.03 Å². The van der Waals surface area contributed by atoms with E-state index in [2.05, 4.69) is 10.6 Å². The van der Waals surface area contributed by atoms with Crippen LogP contribution in [0.1, 0.15) is 37.5 Å². The number of carbonyl (C=O) groups excluding carboxylic acids is 1. The number of amides is 2. The van der Waals surface area contributed by atoms with E-state index < -0.39 is 6.10 Å². The Morgan fingerprint density at radius 1 is 0.960 bits per heavy atom. The van der Waals surface area contributed by atoms with Crippen LogP contribution < -0.4 is 10.6 Å². The molecule has 0 aliphatic rings. The van der Waals surface area contributed by atoms with Gasteiger partial charge in [0.15, 0.2) is 0 Å². The number of urea groups is 1. The summed E-state index contributed by atoms with van der Waals surface area (Å²) >= 11 is 0. The Morgan fingerprint density at radius 2 is 1.56 bits per heavy atom. The Balaban J connectivity index is 1.75. The Labute approximate surface area is 148 Å². The van der Waals surface area contributed by atoms with Crippen LogP contribution in [0.4, 0.5) is 4.79 Å². The minimum atomic E-state index is -0.606. The first-order valence-electron chi connectivity index (χ1n) is 8.52. The summed E-state index contributed by atoms with van der Waals surface area (Å²) < 4.78 is 0. The van der Waals surface area contributed by atoms with Crippen molar-refractivity contribution in [2.75, 3.05) is 0 Å². The fraction of sp³-hybridized carbons (Fsp3) is 0.350. The summed E-state index contributed by atoms with van der Waals surface area (Å²) in [5.74, 6) is 0.230. The highest BCUT2D eigenvalue weighted by Crippen LogP contribution is 2.17. The van der Waals surface area contributed by atoms with E-state index in [1.807, 2.05) is 56.3 Å².